The zero-order chi connectivity index (χ0) is 14.0. The van der Waals surface area contributed by atoms with Crippen LogP contribution in [0, 0.1) is 0 Å². The fourth-order valence-electron chi connectivity index (χ4n) is 2.17. The third-order valence-electron chi connectivity index (χ3n) is 3.11. The SMILES string of the molecule is COC(=O)C1(C(=O)OC)Cc2ccccc2C(=O)N1. The number of carbonyl (C=O) groups excluding carboxylic acids is 3. The fourth-order valence-corrected chi connectivity index (χ4v) is 2.17. The number of hydrogen-bond donors (Lipinski definition) is 1. The lowest BCUT2D eigenvalue weighted by Crippen LogP contribution is -2.64. The van der Waals surface area contributed by atoms with Crippen LogP contribution in [0.3, 0.4) is 0 Å². The summed E-state index contributed by atoms with van der Waals surface area (Å²) in [6.45, 7) is 0. The predicted octanol–water partition coefficient (Wildman–Crippen LogP) is 0.0573. The van der Waals surface area contributed by atoms with Gasteiger partial charge in [0.05, 0.1) is 14.2 Å². The lowest BCUT2D eigenvalue weighted by atomic mass is 9.84. The van der Waals surface area contributed by atoms with Gasteiger partial charge in [0.15, 0.2) is 0 Å². The number of fused-ring (bicyclic) bond motifs is 1. The van der Waals surface area contributed by atoms with Gasteiger partial charge in [-0.15, -0.1) is 0 Å². The summed E-state index contributed by atoms with van der Waals surface area (Å²) in [5.74, 6) is -2.19. The highest BCUT2D eigenvalue weighted by Gasteiger charge is 2.52. The van der Waals surface area contributed by atoms with Crippen LogP contribution in [0.4, 0.5) is 0 Å². The summed E-state index contributed by atoms with van der Waals surface area (Å²) in [5.41, 5.74) is -0.775. The van der Waals surface area contributed by atoms with E-state index in [0.717, 1.165) is 14.2 Å². The maximum absolute atomic E-state index is 12.0. The van der Waals surface area contributed by atoms with Crippen molar-refractivity contribution < 1.29 is 23.9 Å². The Hall–Kier alpha value is -2.37. The van der Waals surface area contributed by atoms with Crippen LogP contribution in [0.15, 0.2) is 24.3 Å². The third-order valence-corrected chi connectivity index (χ3v) is 3.11. The van der Waals surface area contributed by atoms with Crippen molar-refractivity contribution in [1.82, 2.24) is 5.32 Å². The minimum Gasteiger partial charge on any atom is -0.467 e. The van der Waals surface area contributed by atoms with E-state index in [9.17, 15) is 14.4 Å². The van der Waals surface area contributed by atoms with Crippen molar-refractivity contribution in [2.75, 3.05) is 14.2 Å². The van der Waals surface area contributed by atoms with Crippen LogP contribution in [0.5, 0.6) is 0 Å². The molecule has 1 N–H and O–H groups in total. The zero-order valence-corrected chi connectivity index (χ0v) is 10.6. The molecule has 0 bridgehead atoms. The molecule has 1 aromatic rings. The van der Waals surface area contributed by atoms with Gasteiger partial charge in [-0.25, -0.2) is 9.59 Å². The van der Waals surface area contributed by atoms with Gasteiger partial charge in [0.2, 0.25) is 5.54 Å². The van der Waals surface area contributed by atoms with E-state index in [4.69, 9.17) is 0 Å². The van der Waals surface area contributed by atoms with Crippen molar-refractivity contribution in [3.8, 4) is 0 Å². The van der Waals surface area contributed by atoms with E-state index in [1.165, 1.54) is 0 Å². The van der Waals surface area contributed by atoms with Gasteiger partial charge in [0, 0.05) is 12.0 Å². The van der Waals surface area contributed by atoms with Gasteiger partial charge in [-0.2, -0.15) is 0 Å². The smallest absolute Gasteiger partial charge is 0.343 e. The molecular weight excluding hydrogens is 250 g/mol. The maximum Gasteiger partial charge on any atom is 0.343 e. The summed E-state index contributed by atoms with van der Waals surface area (Å²) in [7, 11) is 2.30. The molecule has 19 heavy (non-hydrogen) atoms. The van der Waals surface area contributed by atoms with E-state index >= 15 is 0 Å². The Morgan fingerprint density at radius 2 is 1.74 bits per heavy atom. The predicted molar refractivity (Wildman–Crippen MR) is 64.4 cm³/mol. The van der Waals surface area contributed by atoms with Crippen molar-refractivity contribution in [3.63, 3.8) is 0 Å². The second-order valence-corrected chi connectivity index (χ2v) is 4.18. The molecule has 6 nitrogen and oxygen atoms in total. The summed E-state index contributed by atoms with van der Waals surface area (Å²) >= 11 is 0. The Morgan fingerprint density at radius 3 is 2.32 bits per heavy atom. The molecule has 0 aliphatic carbocycles. The fraction of sp³-hybridized carbons (Fsp3) is 0.308. The standard InChI is InChI=1S/C13H13NO5/c1-18-11(16)13(12(17)19-2)7-8-5-3-4-6-9(8)10(15)14-13/h3-6H,7H2,1-2H3,(H,14,15). The largest absolute Gasteiger partial charge is 0.467 e. The molecule has 2 rings (SSSR count). The van der Waals surface area contributed by atoms with Crippen molar-refractivity contribution in [2.45, 2.75) is 12.0 Å². The van der Waals surface area contributed by atoms with Gasteiger partial charge in [-0.05, 0) is 11.6 Å². The first-order chi connectivity index (χ1) is 9.05. The summed E-state index contributed by atoms with van der Waals surface area (Å²) in [6.07, 6.45) is 0.00819. The number of carbonyl (C=O) groups is 3. The van der Waals surface area contributed by atoms with Gasteiger partial charge in [-0.1, -0.05) is 18.2 Å². The summed E-state index contributed by atoms with van der Waals surface area (Å²) in [5, 5.41) is 2.40. The molecule has 0 radical (unpaired) electrons. The van der Waals surface area contributed by atoms with E-state index in [0.29, 0.717) is 11.1 Å². The van der Waals surface area contributed by atoms with Crippen LogP contribution in [-0.2, 0) is 25.5 Å². The number of hydrogen-bond acceptors (Lipinski definition) is 5. The number of amides is 1. The normalized spacial score (nSPS) is 16.0. The van der Waals surface area contributed by atoms with Crippen molar-refractivity contribution in [3.05, 3.63) is 35.4 Å². The number of esters is 2. The summed E-state index contributed by atoms with van der Waals surface area (Å²) < 4.78 is 9.25. The first-order valence-corrected chi connectivity index (χ1v) is 5.62. The number of methoxy groups -OCH3 is 2. The van der Waals surface area contributed by atoms with Crippen LogP contribution < -0.4 is 5.32 Å². The minimum atomic E-state index is -1.81. The molecule has 0 saturated carbocycles. The van der Waals surface area contributed by atoms with E-state index in [-0.39, 0.29) is 6.42 Å². The van der Waals surface area contributed by atoms with Crippen LogP contribution in [-0.4, -0.2) is 37.6 Å². The highest BCUT2D eigenvalue weighted by atomic mass is 16.5. The molecule has 0 atom stereocenters. The topological polar surface area (TPSA) is 81.7 Å². The lowest BCUT2D eigenvalue weighted by molar-refractivity contribution is -0.163. The van der Waals surface area contributed by atoms with Crippen LogP contribution >= 0.6 is 0 Å². The average Bonchev–Trinajstić information content (AvgIpc) is 2.45. The highest BCUT2D eigenvalue weighted by Crippen LogP contribution is 2.25. The zero-order valence-electron chi connectivity index (χ0n) is 10.6. The van der Waals surface area contributed by atoms with Crippen molar-refractivity contribution >= 4 is 17.8 Å². The average molecular weight is 263 g/mol. The van der Waals surface area contributed by atoms with Gasteiger partial charge < -0.3 is 14.8 Å². The van der Waals surface area contributed by atoms with Crippen molar-refractivity contribution in [1.29, 1.82) is 0 Å². The third kappa shape index (κ3) is 1.95. The van der Waals surface area contributed by atoms with Gasteiger partial charge in [-0.3, -0.25) is 4.79 Å². The number of benzene rings is 1. The lowest BCUT2D eigenvalue weighted by Gasteiger charge is -2.33. The molecule has 0 spiro atoms. The minimum absolute atomic E-state index is 0.00819. The second kappa shape index (κ2) is 4.72. The molecule has 0 saturated heterocycles. The maximum atomic E-state index is 12.0. The Kier molecular flexibility index (Phi) is 3.25. The molecule has 0 unspecified atom stereocenters. The van der Waals surface area contributed by atoms with Crippen LogP contribution in [0.2, 0.25) is 0 Å². The van der Waals surface area contributed by atoms with E-state index in [1.54, 1.807) is 24.3 Å². The van der Waals surface area contributed by atoms with E-state index in [1.807, 2.05) is 0 Å². The van der Waals surface area contributed by atoms with E-state index in [2.05, 4.69) is 14.8 Å². The first kappa shape index (κ1) is 13.1. The highest BCUT2D eigenvalue weighted by molar-refractivity contribution is 6.12. The Bertz CT molecular complexity index is 536. The Labute approximate surface area is 109 Å². The molecule has 0 aromatic heterocycles. The van der Waals surface area contributed by atoms with E-state index < -0.39 is 23.4 Å². The molecule has 1 amide bonds. The Balaban J connectivity index is 2.52. The van der Waals surface area contributed by atoms with Gasteiger partial charge in [0.25, 0.3) is 5.91 Å². The molecule has 1 aliphatic heterocycles. The van der Waals surface area contributed by atoms with Crippen LogP contribution in [0.25, 0.3) is 0 Å². The van der Waals surface area contributed by atoms with Gasteiger partial charge >= 0.3 is 11.9 Å². The number of ether oxygens (including phenoxy) is 2. The van der Waals surface area contributed by atoms with Crippen LogP contribution in [0.1, 0.15) is 15.9 Å². The van der Waals surface area contributed by atoms with Gasteiger partial charge in [0.1, 0.15) is 0 Å². The molecule has 6 heteroatoms. The van der Waals surface area contributed by atoms with Crippen molar-refractivity contribution in [2.24, 2.45) is 0 Å². The summed E-state index contributed by atoms with van der Waals surface area (Å²) in [6, 6.07) is 6.76. The number of nitrogens with one attached hydrogen (secondary N) is 1. The molecule has 1 aromatic carbocycles. The Morgan fingerprint density at radius 1 is 1.16 bits per heavy atom. The first-order valence-electron chi connectivity index (χ1n) is 5.62. The molecule has 1 heterocycles. The molecular formula is C13H13NO5. The molecule has 1 aliphatic rings. The quantitative estimate of drug-likeness (QED) is 0.602. The molecule has 0 fully saturated rings. The monoisotopic (exact) mass is 263 g/mol. The second-order valence-electron chi connectivity index (χ2n) is 4.18. The molecule has 100 valence electrons. The summed E-state index contributed by atoms with van der Waals surface area (Å²) in [4.78, 5) is 35.8. The number of rotatable bonds is 2.